The maximum absolute atomic E-state index is 13.2. The standard InChI is InChI=1S/C22H21N5O4/c1-27-11-15(18(26-27)14-8-5-9-17-19(14)24-12-31-17)22(30)25-16(20(28)21(23)29)10-13-6-3-2-4-7-13/h2-9,11-12,16,20,28H,10H2,1H3,(H2,23,29)(H,25,30). The number of benzene rings is 2. The molecule has 2 atom stereocenters. The smallest absolute Gasteiger partial charge is 0.255 e. The zero-order valence-corrected chi connectivity index (χ0v) is 16.7. The topological polar surface area (TPSA) is 136 Å². The van der Waals surface area contributed by atoms with Gasteiger partial charge in [0, 0.05) is 18.8 Å². The fourth-order valence-corrected chi connectivity index (χ4v) is 3.49. The number of fused-ring (bicyclic) bond motifs is 1. The van der Waals surface area contributed by atoms with E-state index < -0.39 is 24.0 Å². The monoisotopic (exact) mass is 419 g/mol. The van der Waals surface area contributed by atoms with Crippen LogP contribution >= 0.6 is 0 Å². The minimum Gasteiger partial charge on any atom is -0.443 e. The first-order chi connectivity index (χ1) is 14.9. The Morgan fingerprint density at radius 2 is 1.97 bits per heavy atom. The van der Waals surface area contributed by atoms with Gasteiger partial charge in [0.2, 0.25) is 5.91 Å². The summed E-state index contributed by atoms with van der Waals surface area (Å²) in [6, 6.07) is 13.6. The second-order valence-corrected chi connectivity index (χ2v) is 7.19. The van der Waals surface area contributed by atoms with Crippen LogP contribution in [-0.4, -0.2) is 43.8 Å². The number of para-hydroxylation sites is 1. The molecule has 0 aliphatic carbocycles. The van der Waals surface area contributed by atoms with Crippen LogP contribution in [-0.2, 0) is 18.3 Å². The summed E-state index contributed by atoms with van der Waals surface area (Å²) in [7, 11) is 1.70. The van der Waals surface area contributed by atoms with E-state index in [0.29, 0.717) is 22.4 Å². The molecule has 4 N–H and O–H groups in total. The number of carbonyl (C=O) groups excluding carboxylic acids is 2. The number of aliphatic hydroxyl groups excluding tert-OH is 1. The summed E-state index contributed by atoms with van der Waals surface area (Å²) < 4.78 is 6.86. The number of aryl methyl sites for hydroxylation is 1. The number of rotatable bonds is 7. The number of nitrogens with zero attached hydrogens (tertiary/aromatic N) is 3. The maximum atomic E-state index is 13.2. The molecular weight excluding hydrogens is 398 g/mol. The van der Waals surface area contributed by atoms with E-state index in [2.05, 4.69) is 15.4 Å². The number of nitrogens with two attached hydrogens (primary N) is 1. The molecule has 2 unspecified atom stereocenters. The van der Waals surface area contributed by atoms with Crippen molar-refractivity contribution in [3.05, 3.63) is 72.2 Å². The van der Waals surface area contributed by atoms with E-state index in [1.807, 2.05) is 30.3 Å². The highest BCUT2D eigenvalue weighted by Gasteiger charge is 2.28. The Balaban J connectivity index is 1.67. The summed E-state index contributed by atoms with van der Waals surface area (Å²) in [6.45, 7) is 0. The van der Waals surface area contributed by atoms with E-state index in [9.17, 15) is 14.7 Å². The summed E-state index contributed by atoms with van der Waals surface area (Å²) in [5, 5.41) is 17.5. The lowest BCUT2D eigenvalue weighted by Gasteiger charge is -2.22. The van der Waals surface area contributed by atoms with Crippen LogP contribution in [0.15, 0.2) is 65.5 Å². The molecule has 2 heterocycles. The van der Waals surface area contributed by atoms with Gasteiger partial charge >= 0.3 is 0 Å². The average Bonchev–Trinajstić information content (AvgIpc) is 3.39. The molecule has 4 rings (SSSR count). The molecule has 0 saturated heterocycles. The van der Waals surface area contributed by atoms with Crippen LogP contribution in [0.3, 0.4) is 0 Å². The second-order valence-electron chi connectivity index (χ2n) is 7.19. The number of oxazole rings is 1. The van der Waals surface area contributed by atoms with Crippen LogP contribution in [0.5, 0.6) is 0 Å². The van der Waals surface area contributed by atoms with Crippen molar-refractivity contribution in [3.8, 4) is 11.3 Å². The Bertz CT molecular complexity index is 1230. The van der Waals surface area contributed by atoms with Gasteiger partial charge in [-0.1, -0.05) is 42.5 Å². The van der Waals surface area contributed by atoms with Gasteiger partial charge in [0.1, 0.15) is 11.2 Å². The molecule has 4 aromatic rings. The van der Waals surface area contributed by atoms with Gasteiger partial charge in [-0.2, -0.15) is 5.10 Å². The lowest BCUT2D eigenvalue weighted by molar-refractivity contribution is -0.127. The van der Waals surface area contributed by atoms with Crippen molar-refractivity contribution >= 4 is 22.9 Å². The van der Waals surface area contributed by atoms with Gasteiger partial charge in [-0.25, -0.2) is 4.98 Å². The minimum absolute atomic E-state index is 0.227. The maximum Gasteiger partial charge on any atom is 0.255 e. The fraction of sp³-hybridized carbons (Fsp3) is 0.182. The van der Waals surface area contributed by atoms with Crippen molar-refractivity contribution in [1.29, 1.82) is 0 Å². The minimum atomic E-state index is -1.55. The number of amides is 2. The Kier molecular flexibility index (Phi) is 5.50. The van der Waals surface area contributed by atoms with E-state index in [1.54, 1.807) is 31.4 Å². The molecule has 2 aromatic heterocycles. The van der Waals surface area contributed by atoms with Gasteiger partial charge in [0.05, 0.1) is 11.6 Å². The molecule has 0 bridgehead atoms. The van der Waals surface area contributed by atoms with Crippen LogP contribution in [0.25, 0.3) is 22.4 Å². The SMILES string of the molecule is Cn1cc(C(=O)NC(Cc2ccccc2)C(O)C(N)=O)c(-c2cccc3ocnc23)n1. The summed E-state index contributed by atoms with van der Waals surface area (Å²) in [5.41, 5.74) is 8.60. The predicted octanol–water partition coefficient (Wildman–Crippen LogP) is 1.42. The number of hydrogen-bond donors (Lipinski definition) is 3. The van der Waals surface area contributed by atoms with E-state index in [-0.39, 0.29) is 12.0 Å². The van der Waals surface area contributed by atoms with Crippen molar-refractivity contribution in [2.24, 2.45) is 12.8 Å². The average molecular weight is 419 g/mol. The molecule has 158 valence electrons. The molecule has 0 radical (unpaired) electrons. The Morgan fingerprint density at radius 1 is 1.19 bits per heavy atom. The highest BCUT2D eigenvalue weighted by molar-refractivity contribution is 6.03. The van der Waals surface area contributed by atoms with E-state index >= 15 is 0 Å². The van der Waals surface area contributed by atoms with Crippen molar-refractivity contribution in [3.63, 3.8) is 0 Å². The molecule has 2 aromatic carbocycles. The van der Waals surface area contributed by atoms with E-state index in [4.69, 9.17) is 10.2 Å². The van der Waals surface area contributed by atoms with E-state index in [1.165, 1.54) is 11.1 Å². The third kappa shape index (κ3) is 4.17. The first kappa shape index (κ1) is 20.3. The van der Waals surface area contributed by atoms with Crippen LogP contribution < -0.4 is 11.1 Å². The highest BCUT2D eigenvalue weighted by atomic mass is 16.3. The molecule has 9 nitrogen and oxygen atoms in total. The first-order valence-electron chi connectivity index (χ1n) is 9.62. The predicted molar refractivity (Wildman–Crippen MR) is 113 cm³/mol. The number of primary amides is 1. The molecule has 0 aliphatic rings. The third-order valence-corrected chi connectivity index (χ3v) is 4.98. The van der Waals surface area contributed by atoms with Gasteiger partial charge in [0.25, 0.3) is 5.91 Å². The van der Waals surface area contributed by atoms with Crippen LogP contribution in [0.4, 0.5) is 0 Å². The van der Waals surface area contributed by atoms with Gasteiger partial charge in [-0.05, 0) is 18.1 Å². The van der Waals surface area contributed by atoms with Crippen molar-refractivity contribution in [2.45, 2.75) is 18.6 Å². The zero-order valence-electron chi connectivity index (χ0n) is 16.7. The van der Waals surface area contributed by atoms with Gasteiger partial charge in [-0.15, -0.1) is 0 Å². The quantitative estimate of drug-likeness (QED) is 0.414. The molecule has 0 fully saturated rings. The Hall–Kier alpha value is -3.98. The summed E-state index contributed by atoms with van der Waals surface area (Å²) in [6.07, 6.45) is 1.57. The largest absolute Gasteiger partial charge is 0.443 e. The summed E-state index contributed by atoms with van der Waals surface area (Å²) in [5.74, 6) is -1.41. The normalized spacial score (nSPS) is 13.1. The van der Waals surface area contributed by atoms with Crippen molar-refractivity contribution in [1.82, 2.24) is 20.1 Å². The zero-order chi connectivity index (χ0) is 22.0. The molecule has 0 aliphatic heterocycles. The molecule has 9 heteroatoms. The number of aliphatic hydroxyl groups is 1. The Morgan fingerprint density at radius 3 is 2.71 bits per heavy atom. The number of hydrogen-bond acceptors (Lipinski definition) is 6. The van der Waals surface area contributed by atoms with Crippen LogP contribution in [0.1, 0.15) is 15.9 Å². The fourth-order valence-electron chi connectivity index (χ4n) is 3.49. The van der Waals surface area contributed by atoms with Crippen molar-refractivity contribution < 1.29 is 19.1 Å². The van der Waals surface area contributed by atoms with Gasteiger partial charge < -0.3 is 20.6 Å². The molecular formula is C22H21N5O4. The Labute approximate surface area is 177 Å². The summed E-state index contributed by atoms with van der Waals surface area (Å²) in [4.78, 5) is 29.1. The molecule has 31 heavy (non-hydrogen) atoms. The lowest BCUT2D eigenvalue weighted by atomic mass is 9.99. The summed E-state index contributed by atoms with van der Waals surface area (Å²) >= 11 is 0. The number of carbonyl (C=O) groups is 2. The number of aromatic nitrogens is 3. The molecule has 0 spiro atoms. The molecule has 0 saturated carbocycles. The van der Waals surface area contributed by atoms with Crippen molar-refractivity contribution in [2.75, 3.05) is 0 Å². The highest BCUT2D eigenvalue weighted by Crippen LogP contribution is 2.29. The van der Waals surface area contributed by atoms with Crippen LogP contribution in [0.2, 0.25) is 0 Å². The second kappa shape index (κ2) is 8.41. The molecule has 2 amide bonds. The van der Waals surface area contributed by atoms with Crippen LogP contribution in [0, 0.1) is 0 Å². The first-order valence-corrected chi connectivity index (χ1v) is 9.62. The van der Waals surface area contributed by atoms with E-state index in [0.717, 1.165) is 5.56 Å². The third-order valence-electron chi connectivity index (χ3n) is 4.98. The lowest BCUT2D eigenvalue weighted by Crippen LogP contribution is -2.50. The van der Waals surface area contributed by atoms with Gasteiger partial charge in [0.15, 0.2) is 18.1 Å². The number of nitrogens with one attached hydrogen (secondary N) is 1. The van der Waals surface area contributed by atoms with Gasteiger partial charge in [-0.3, -0.25) is 14.3 Å².